The van der Waals surface area contributed by atoms with Gasteiger partial charge in [-0.05, 0) is 56.5 Å². The lowest BCUT2D eigenvalue weighted by atomic mass is 9.65. The minimum Gasteiger partial charge on any atom is -0.488 e. The van der Waals surface area contributed by atoms with Crippen LogP contribution in [0.4, 0.5) is 11.4 Å². The van der Waals surface area contributed by atoms with E-state index in [0.29, 0.717) is 17.1 Å². The average Bonchev–Trinajstić information content (AvgIpc) is 3.07. The van der Waals surface area contributed by atoms with Crippen molar-refractivity contribution in [2.75, 3.05) is 36.8 Å². The molecule has 1 amide bonds. The van der Waals surface area contributed by atoms with Crippen LogP contribution >= 0.6 is 0 Å². The van der Waals surface area contributed by atoms with Crippen molar-refractivity contribution < 1.29 is 17.9 Å². The number of likely N-dealkylation sites (tertiary alicyclic amines) is 1. The number of hydrogen-bond acceptors (Lipinski definition) is 5. The fraction of sp³-hybridized carbons (Fsp3) is 0.458. The highest BCUT2D eigenvalue weighted by Gasteiger charge is 2.52. The van der Waals surface area contributed by atoms with Gasteiger partial charge in [-0.25, -0.2) is 8.42 Å². The van der Waals surface area contributed by atoms with E-state index in [1.165, 1.54) is 4.31 Å². The summed E-state index contributed by atoms with van der Waals surface area (Å²) in [6, 6.07) is 12.0. The lowest BCUT2D eigenvalue weighted by Gasteiger charge is -2.36. The molecule has 0 atom stereocenters. The summed E-state index contributed by atoms with van der Waals surface area (Å²) in [7, 11) is -0.0880. The number of ether oxygens (including phenoxy) is 1. The van der Waals surface area contributed by atoms with Gasteiger partial charge in [-0.1, -0.05) is 24.6 Å². The molecule has 5 rings (SSSR count). The molecular weight excluding hydrogens is 426 g/mol. The molecule has 1 saturated carbocycles. The highest BCUT2D eigenvalue weighted by molar-refractivity contribution is 7.92. The van der Waals surface area contributed by atoms with Gasteiger partial charge in [0.05, 0.1) is 21.7 Å². The molecule has 170 valence electrons. The average molecular weight is 456 g/mol. The largest absolute Gasteiger partial charge is 0.488 e. The highest BCUT2D eigenvalue weighted by Crippen LogP contribution is 2.55. The Morgan fingerprint density at radius 3 is 2.44 bits per heavy atom. The Morgan fingerprint density at radius 2 is 1.81 bits per heavy atom. The van der Waals surface area contributed by atoms with Crippen LogP contribution in [0.3, 0.4) is 0 Å². The third kappa shape index (κ3) is 3.36. The molecule has 2 fully saturated rings. The van der Waals surface area contributed by atoms with E-state index >= 15 is 0 Å². The Balaban J connectivity index is 1.56. The molecule has 8 heteroatoms. The van der Waals surface area contributed by atoms with Crippen molar-refractivity contribution in [3.05, 3.63) is 48.0 Å². The van der Waals surface area contributed by atoms with Crippen molar-refractivity contribution in [2.45, 2.75) is 48.5 Å². The number of fused-ring (bicyclic) bond motifs is 2. The quantitative estimate of drug-likeness (QED) is 0.748. The maximum Gasteiger partial charge on any atom is 0.264 e. The third-order valence-electron chi connectivity index (χ3n) is 7.21. The van der Waals surface area contributed by atoms with Crippen molar-refractivity contribution in [3.8, 4) is 5.75 Å². The number of rotatable bonds is 5. The molecule has 2 heterocycles. The Labute approximate surface area is 189 Å². The maximum atomic E-state index is 13.3. The molecule has 1 N–H and O–H groups in total. The highest BCUT2D eigenvalue weighted by atomic mass is 32.2. The fourth-order valence-corrected chi connectivity index (χ4v) is 6.14. The summed E-state index contributed by atoms with van der Waals surface area (Å²) in [5.41, 5.74) is 1.53. The number of anilines is 2. The number of hydrogen-bond donors (Lipinski definition) is 1. The molecule has 1 saturated heterocycles. The molecular formula is C24H29N3O4S. The van der Waals surface area contributed by atoms with E-state index in [0.717, 1.165) is 50.8 Å². The van der Waals surface area contributed by atoms with Crippen LogP contribution in [-0.2, 0) is 20.2 Å². The first-order valence-corrected chi connectivity index (χ1v) is 12.6. The number of benzene rings is 2. The van der Waals surface area contributed by atoms with Gasteiger partial charge in [0, 0.05) is 26.2 Å². The van der Waals surface area contributed by atoms with Crippen LogP contribution < -0.4 is 14.4 Å². The number of sulfonamides is 1. The number of nitrogens with one attached hydrogen (secondary N) is 1. The van der Waals surface area contributed by atoms with E-state index in [1.807, 2.05) is 6.07 Å². The SMILES string of the molecule is CN1CCC(Oc2cc(N(C)S(=O)(=O)c3ccccc3)cc3c2NC(=O)C32CCC2)CC1. The van der Waals surface area contributed by atoms with Gasteiger partial charge in [-0.2, -0.15) is 0 Å². The van der Waals surface area contributed by atoms with E-state index in [4.69, 9.17) is 4.74 Å². The van der Waals surface area contributed by atoms with E-state index in [2.05, 4.69) is 17.3 Å². The Morgan fingerprint density at radius 1 is 1.12 bits per heavy atom. The van der Waals surface area contributed by atoms with Crippen molar-refractivity contribution in [3.63, 3.8) is 0 Å². The number of amides is 1. The lowest BCUT2D eigenvalue weighted by molar-refractivity contribution is -0.123. The summed E-state index contributed by atoms with van der Waals surface area (Å²) in [4.78, 5) is 15.4. The van der Waals surface area contributed by atoms with Crippen molar-refractivity contribution >= 4 is 27.3 Å². The normalized spacial score (nSPS) is 20.5. The summed E-state index contributed by atoms with van der Waals surface area (Å²) in [6.45, 7) is 1.90. The van der Waals surface area contributed by atoms with Crippen LogP contribution in [0.25, 0.3) is 0 Å². The molecule has 0 bridgehead atoms. The molecule has 0 aromatic heterocycles. The summed E-state index contributed by atoms with van der Waals surface area (Å²) >= 11 is 0. The van der Waals surface area contributed by atoms with Crippen LogP contribution in [0.1, 0.15) is 37.7 Å². The first kappa shape index (κ1) is 21.3. The Hall–Kier alpha value is -2.58. The zero-order valence-electron chi connectivity index (χ0n) is 18.5. The summed E-state index contributed by atoms with van der Waals surface area (Å²) in [5, 5.41) is 3.05. The predicted molar refractivity (Wildman–Crippen MR) is 124 cm³/mol. The summed E-state index contributed by atoms with van der Waals surface area (Å²) in [5.74, 6) is 0.567. The zero-order chi connectivity index (χ0) is 22.5. The minimum absolute atomic E-state index is 0.00213. The van der Waals surface area contributed by atoms with Crippen molar-refractivity contribution in [2.24, 2.45) is 0 Å². The summed E-state index contributed by atoms with van der Waals surface area (Å²) < 4.78 is 34.2. The number of carbonyl (C=O) groups is 1. The molecule has 2 aliphatic heterocycles. The second-order valence-electron chi connectivity index (χ2n) is 9.16. The molecule has 0 unspecified atom stereocenters. The molecule has 0 radical (unpaired) electrons. The predicted octanol–water partition coefficient (Wildman–Crippen LogP) is 3.36. The second kappa shape index (κ2) is 7.78. The lowest BCUT2D eigenvalue weighted by Crippen LogP contribution is -2.40. The first-order chi connectivity index (χ1) is 15.3. The topological polar surface area (TPSA) is 79.0 Å². The van der Waals surface area contributed by atoms with E-state index < -0.39 is 15.4 Å². The maximum absolute atomic E-state index is 13.3. The second-order valence-corrected chi connectivity index (χ2v) is 11.1. The molecule has 7 nitrogen and oxygen atoms in total. The third-order valence-corrected chi connectivity index (χ3v) is 9.01. The molecule has 1 spiro atoms. The van der Waals surface area contributed by atoms with Crippen LogP contribution in [0.5, 0.6) is 5.75 Å². The Bertz CT molecular complexity index is 1140. The monoisotopic (exact) mass is 455 g/mol. The van der Waals surface area contributed by atoms with E-state index in [-0.39, 0.29) is 16.9 Å². The molecule has 3 aliphatic rings. The summed E-state index contributed by atoms with van der Waals surface area (Å²) in [6.07, 6.45) is 4.37. The van der Waals surface area contributed by atoms with Gasteiger partial charge in [-0.15, -0.1) is 0 Å². The molecule has 2 aromatic carbocycles. The van der Waals surface area contributed by atoms with Gasteiger partial charge in [0.25, 0.3) is 10.0 Å². The van der Waals surface area contributed by atoms with Gasteiger partial charge >= 0.3 is 0 Å². The van der Waals surface area contributed by atoms with Crippen LogP contribution in [0.15, 0.2) is 47.4 Å². The number of carbonyl (C=O) groups excluding carboxylic acids is 1. The minimum atomic E-state index is -3.74. The van der Waals surface area contributed by atoms with Crippen LogP contribution in [0, 0.1) is 0 Å². The van der Waals surface area contributed by atoms with Crippen molar-refractivity contribution in [1.29, 1.82) is 0 Å². The standard InChI is InChI=1S/C24H29N3O4S/c1-26-13-9-18(10-14-26)31-21-16-17(27(2)32(29,30)19-7-4-3-5-8-19)15-20-22(21)25-23(28)24(20)11-6-12-24/h3-5,7-8,15-16,18H,6,9-14H2,1-2H3,(H,25,28). The smallest absolute Gasteiger partial charge is 0.264 e. The number of nitrogens with zero attached hydrogens (tertiary/aromatic N) is 2. The van der Waals surface area contributed by atoms with Gasteiger partial charge in [-0.3, -0.25) is 9.10 Å². The van der Waals surface area contributed by atoms with Gasteiger partial charge in [0.15, 0.2) is 0 Å². The first-order valence-electron chi connectivity index (χ1n) is 11.2. The molecule has 2 aromatic rings. The van der Waals surface area contributed by atoms with Crippen LogP contribution in [0.2, 0.25) is 0 Å². The number of piperidine rings is 1. The Kier molecular flexibility index (Phi) is 5.17. The molecule has 1 aliphatic carbocycles. The van der Waals surface area contributed by atoms with Crippen molar-refractivity contribution in [1.82, 2.24) is 4.90 Å². The van der Waals surface area contributed by atoms with E-state index in [1.54, 1.807) is 43.4 Å². The zero-order valence-corrected chi connectivity index (χ0v) is 19.3. The fourth-order valence-electron chi connectivity index (χ4n) is 4.94. The van der Waals surface area contributed by atoms with Gasteiger partial charge in [0.2, 0.25) is 5.91 Å². The van der Waals surface area contributed by atoms with Gasteiger partial charge in [0.1, 0.15) is 11.9 Å². The molecule has 32 heavy (non-hydrogen) atoms. The van der Waals surface area contributed by atoms with E-state index in [9.17, 15) is 13.2 Å². The van der Waals surface area contributed by atoms with Gasteiger partial charge < -0.3 is 15.0 Å². The van der Waals surface area contributed by atoms with Crippen LogP contribution in [-0.4, -0.2) is 52.5 Å².